The Kier molecular flexibility index (Phi) is 6.88. The van der Waals surface area contributed by atoms with E-state index >= 15 is 0 Å². The Morgan fingerprint density at radius 1 is 1.50 bits per heavy atom. The van der Waals surface area contributed by atoms with Crippen molar-refractivity contribution in [2.45, 2.75) is 51.2 Å². The molecule has 0 radical (unpaired) electrons. The largest absolute Gasteiger partial charge is 0.388 e. The first kappa shape index (κ1) is 20.1. The molecule has 0 unspecified atom stereocenters. The lowest BCUT2D eigenvalue weighted by Gasteiger charge is -2.18. The summed E-state index contributed by atoms with van der Waals surface area (Å²) in [6.45, 7) is 4.47. The van der Waals surface area contributed by atoms with Crippen molar-refractivity contribution >= 4 is 11.7 Å². The Morgan fingerprint density at radius 2 is 2.23 bits per heavy atom. The zero-order valence-corrected chi connectivity index (χ0v) is 14.7. The summed E-state index contributed by atoms with van der Waals surface area (Å²) in [5.74, 6) is 1.97. The van der Waals surface area contributed by atoms with Gasteiger partial charge in [0.1, 0.15) is 12.2 Å². The van der Waals surface area contributed by atoms with E-state index in [-0.39, 0.29) is 23.7 Å². The molecule has 1 saturated heterocycles. The molecule has 9 heteroatoms. The first-order chi connectivity index (χ1) is 12.4. The highest BCUT2D eigenvalue weighted by Gasteiger charge is 2.42. The van der Waals surface area contributed by atoms with Gasteiger partial charge < -0.3 is 25.0 Å². The van der Waals surface area contributed by atoms with Crippen LogP contribution in [0.2, 0.25) is 0 Å². The summed E-state index contributed by atoms with van der Waals surface area (Å²) in [6.07, 6.45) is 3.25. The number of aliphatic hydroxyl groups is 2. The summed E-state index contributed by atoms with van der Waals surface area (Å²) in [5.41, 5.74) is -0.605. The lowest BCUT2D eigenvalue weighted by molar-refractivity contribution is -0.116. The molecule has 0 spiro atoms. The minimum atomic E-state index is -1.30. The van der Waals surface area contributed by atoms with E-state index in [1.54, 1.807) is 6.92 Å². The van der Waals surface area contributed by atoms with E-state index in [1.807, 2.05) is 6.92 Å². The molecular formula is C17H23N3O6. The lowest BCUT2D eigenvalue weighted by atomic mass is 10.1. The van der Waals surface area contributed by atoms with Crippen molar-refractivity contribution < 1.29 is 24.5 Å². The van der Waals surface area contributed by atoms with Gasteiger partial charge in [0.2, 0.25) is 5.91 Å². The highest BCUT2D eigenvalue weighted by atomic mass is 16.6. The molecule has 142 valence electrons. The van der Waals surface area contributed by atoms with Crippen molar-refractivity contribution in [2.24, 2.45) is 0 Å². The van der Waals surface area contributed by atoms with Gasteiger partial charge in [-0.3, -0.25) is 9.36 Å². The fourth-order valence-electron chi connectivity index (χ4n) is 2.58. The number of carbonyl (C=O) groups excluding carboxylic acids is 1. The Labute approximate surface area is 151 Å². The number of anilines is 1. The maximum atomic E-state index is 12.3. The maximum absolute atomic E-state index is 12.3. The number of rotatable bonds is 7. The monoisotopic (exact) mass is 365 g/mol. The highest BCUT2D eigenvalue weighted by Crippen LogP contribution is 2.28. The van der Waals surface area contributed by atoms with Crippen LogP contribution in [0.5, 0.6) is 0 Å². The van der Waals surface area contributed by atoms with Crippen LogP contribution < -0.4 is 11.0 Å². The van der Waals surface area contributed by atoms with Crippen molar-refractivity contribution in [3.05, 3.63) is 22.2 Å². The van der Waals surface area contributed by atoms with Crippen LogP contribution in [0, 0.1) is 12.3 Å². The number of hydrogen-bond donors (Lipinski definition) is 3. The molecule has 1 aliphatic rings. The lowest BCUT2D eigenvalue weighted by Crippen LogP contribution is -2.36. The fraction of sp³-hybridized carbons (Fsp3) is 0.588. The van der Waals surface area contributed by atoms with Gasteiger partial charge in [-0.05, 0) is 20.3 Å². The van der Waals surface area contributed by atoms with Crippen LogP contribution in [0.4, 0.5) is 5.82 Å². The molecule has 2 heterocycles. The van der Waals surface area contributed by atoms with E-state index in [1.165, 1.54) is 6.20 Å². The second-order valence-electron chi connectivity index (χ2n) is 5.90. The van der Waals surface area contributed by atoms with Gasteiger partial charge in [0, 0.05) is 25.8 Å². The molecule has 1 aliphatic heterocycles. The van der Waals surface area contributed by atoms with Crippen molar-refractivity contribution in [3.8, 4) is 12.3 Å². The third kappa shape index (κ3) is 4.47. The van der Waals surface area contributed by atoms with Crippen LogP contribution in [0.25, 0.3) is 0 Å². The molecule has 26 heavy (non-hydrogen) atoms. The second-order valence-corrected chi connectivity index (χ2v) is 5.90. The van der Waals surface area contributed by atoms with E-state index in [0.29, 0.717) is 19.6 Å². The quantitative estimate of drug-likeness (QED) is 0.444. The molecule has 0 bridgehead atoms. The van der Waals surface area contributed by atoms with Gasteiger partial charge in [0.15, 0.2) is 12.0 Å². The van der Waals surface area contributed by atoms with Crippen LogP contribution in [0.15, 0.2) is 11.0 Å². The predicted octanol–water partition coefficient (Wildman–Crippen LogP) is -0.381. The number of ether oxygens (including phenoxy) is 2. The number of hydrogen-bond acceptors (Lipinski definition) is 7. The molecule has 3 N–H and O–H groups in total. The third-order valence-electron chi connectivity index (χ3n) is 4.01. The first-order valence-electron chi connectivity index (χ1n) is 8.38. The summed E-state index contributed by atoms with van der Waals surface area (Å²) >= 11 is 0. The zero-order chi connectivity index (χ0) is 19.3. The molecule has 1 aromatic heterocycles. The van der Waals surface area contributed by atoms with E-state index in [2.05, 4.69) is 16.2 Å². The van der Waals surface area contributed by atoms with Gasteiger partial charge in [-0.25, -0.2) is 4.79 Å². The average Bonchev–Trinajstić information content (AvgIpc) is 2.86. The number of amides is 1. The predicted molar refractivity (Wildman–Crippen MR) is 92.4 cm³/mol. The average molecular weight is 365 g/mol. The Morgan fingerprint density at radius 3 is 2.81 bits per heavy atom. The first-order valence-corrected chi connectivity index (χ1v) is 8.38. The maximum Gasteiger partial charge on any atom is 0.351 e. The van der Waals surface area contributed by atoms with Gasteiger partial charge in [-0.15, -0.1) is 6.42 Å². The van der Waals surface area contributed by atoms with Crippen LogP contribution in [0.1, 0.15) is 38.5 Å². The molecule has 0 saturated carbocycles. The number of nitrogens with zero attached hydrogens (tertiary/aromatic N) is 2. The number of nitrogens with one attached hydrogen (secondary N) is 1. The minimum absolute atomic E-state index is 0.0313. The summed E-state index contributed by atoms with van der Waals surface area (Å²) in [6, 6.07) is 0. The molecule has 1 fully saturated rings. The molecule has 0 aliphatic carbocycles. The summed E-state index contributed by atoms with van der Waals surface area (Å²) in [4.78, 5) is 28.0. The molecule has 4 atom stereocenters. The topological polar surface area (TPSA) is 123 Å². The second kappa shape index (κ2) is 8.91. The van der Waals surface area contributed by atoms with E-state index in [4.69, 9.17) is 15.9 Å². The van der Waals surface area contributed by atoms with Gasteiger partial charge >= 0.3 is 5.69 Å². The van der Waals surface area contributed by atoms with Crippen LogP contribution in [-0.2, 0) is 14.3 Å². The summed E-state index contributed by atoms with van der Waals surface area (Å²) < 4.78 is 11.6. The molecule has 1 amide bonds. The van der Waals surface area contributed by atoms with Gasteiger partial charge in [-0.1, -0.05) is 5.92 Å². The van der Waals surface area contributed by atoms with Crippen LogP contribution >= 0.6 is 0 Å². The Balaban J connectivity index is 2.16. The molecular weight excluding hydrogens is 342 g/mol. The van der Waals surface area contributed by atoms with Crippen LogP contribution in [0.3, 0.4) is 0 Å². The smallest absolute Gasteiger partial charge is 0.351 e. The molecule has 1 aromatic rings. The van der Waals surface area contributed by atoms with Crippen molar-refractivity contribution in [1.82, 2.24) is 9.55 Å². The summed E-state index contributed by atoms with van der Waals surface area (Å²) in [7, 11) is 0. The third-order valence-corrected chi connectivity index (χ3v) is 4.01. The van der Waals surface area contributed by atoms with Crippen molar-refractivity contribution in [1.29, 1.82) is 0 Å². The van der Waals surface area contributed by atoms with Crippen molar-refractivity contribution in [2.75, 3.05) is 18.5 Å². The van der Waals surface area contributed by atoms with E-state index in [0.717, 1.165) is 4.57 Å². The van der Waals surface area contributed by atoms with E-state index in [9.17, 15) is 19.8 Å². The molecule has 9 nitrogen and oxygen atoms in total. The standard InChI is InChI=1S/C17H23N3O6/c1-4-11-9-20(16-14(23)13(22)10(3)26-16)17(24)19-15(11)18-12(21)7-6-8-25-5-2/h1,9-10,13-14,16,22-23H,5-8H2,2-3H3,(H,18,19,21,24)/t10-,13-,14-,16-/m1/s1. The van der Waals surface area contributed by atoms with E-state index < -0.39 is 30.2 Å². The number of terminal acetylenes is 1. The molecule has 0 aromatic carbocycles. The van der Waals surface area contributed by atoms with Gasteiger partial charge in [0.25, 0.3) is 0 Å². The zero-order valence-electron chi connectivity index (χ0n) is 14.7. The number of aliphatic hydroxyl groups excluding tert-OH is 2. The highest BCUT2D eigenvalue weighted by molar-refractivity contribution is 5.90. The van der Waals surface area contributed by atoms with Gasteiger partial charge in [-0.2, -0.15) is 4.98 Å². The molecule has 2 rings (SSSR count). The van der Waals surface area contributed by atoms with Crippen molar-refractivity contribution in [3.63, 3.8) is 0 Å². The van der Waals surface area contributed by atoms with Crippen LogP contribution in [-0.4, -0.2) is 57.2 Å². The normalized spacial score (nSPS) is 25.0. The summed E-state index contributed by atoms with van der Waals surface area (Å²) in [5, 5.41) is 22.3. The fourth-order valence-corrected chi connectivity index (χ4v) is 2.58. The SMILES string of the molecule is C#Cc1cn([C@@H]2O[C@H](C)[C@@H](O)[C@H]2O)c(=O)nc1NC(=O)CCCOCC. The Bertz CT molecular complexity index is 741. The van der Waals surface area contributed by atoms with Gasteiger partial charge in [0.05, 0.1) is 11.7 Å². The number of aromatic nitrogens is 2. The minimum Gasteiger partial charge on any atom is -0.388 e. The number of carbonyl (C=O) groups is 1. The Hall–Kier alpha value is -2.25.